The fourth-order valence-electron chi connectivity index (χ4n) is 5.22. The number of nitrogens with zero attached hydrogens (tertiary/aromatic N) is 1. The van der Waals surface area contributed by atoms with Crippen LogP contribution in [0.2, 0.25) is 10.0 Å². The summed E-state index contributed by atoms with van der Waals surface area (Å²) in [5, 5.41) is 17.2. The number of urea groups is 1. The molecule has 0 bridgehead atoms. The zero-order chi connectivity index (χ0) is 29.1. The molecule has 11 heteroatoms. The van der Waals surface area contributed by atoms with Crippen molar-refractivity contribution in [2.45, 2.75) is 30.8 Å². The van der Waals surface area contributed by atoms with Gasteiger partial charge in [0.05, 0.1) is 28.2 Å². The number of carbonyl (C=O) groups is 4. The number of halogens is 2. The molecule has 1 aliphatic carbocycles. The van der Waals surface area contributed by atoms with Gasteiger partial charge in [-0.2, -0.15) is 0 Å². The highest BCUT2D eigenvalue weighted by Gasteiger charge is 2.33. The van der Waals surface area contributed by atoms with Crippen LogP contribution in [-0.2, 0) is 11.2 Å². The molecule has 0 aromatic heterocycles. The lowest BCUT2D eigenvalue weighted by Gasteiger charge is -2.39. The van der Waals surface area contributed by atoms with Crippen molar-refractivity contribution >= 4 is 47.0 Å². The molecule has 3 aromatic carbocycles. The molecule has 3 aromatic rings. The zero-order valence-corrected chi connectivity index (χ0v) is 23.4. The van der Waals surface area contributed by atoms with Crippen molar-refractivity contribution in [3.05, 3.63) is 105 Å². The number of likely N-dealkylation sites (tertiary alicyclic amines) is 1. The average Bonchev–Trinajstić information content (AvgIpc) is 3.32. The summed E-state index contributed by atoms with van der Waals surface area (Å²) >= 11 is 12.7. The highest BCUT2D eigenvalue weighted by atomic mass is 35.5. The molecule has 1 saturated heterocycles. The van der Waals surface area contributed by atoms with Crippen LogP contribution in [0.4, 0.5) is 4.79 Å². The summed E-state index contributed by atoms with van der Waals surface area (Å²) in [6, 6.07) is 18.2. The van der Waals surface area contributed by atoms with Crippen LogP contribution in [0.15, 0.2) is 66.7 Å². The van der Waals surface area contributed by atoms with Crippen LogP contribution in [-0.4, -0.2) is 59.5 Å². The first kappa shape index (κ1) is 28.4. The number of hydrogen-bond acceptors (Lipinski definition) is 4. The monoisotopic (exact) mass is 594 g/mol. The van der Waals surface area contributed by atoms with E-state index in [2.05, 4.69) is 16.0 Å². The minimum atomic E-state index is -1.45. The quantitative estimate of drug-likeness (QED) is 0.307. The molecule has 5 rings (SSSR count). The Balaban J connectivity index is 1.17. The van der Waals surface area contributed by atoms with Crippen LogP contribution in [0.1, 0.15) is 55.8 Å². The normalized spacial score (nSPS) is 16.7. The van der Waals surface area contributed by atoms with Gasteiger partial charge in [-0.15, -0.1) is 0 Å². The van der Waals surface area contributed by atoms with E-state index in [1.807, 2.05) is 54.6 Å². The number of nitrogens with one attached hydrogen (secondary N) is 3. The highest BCUT2D eigenvalue weighted by Crippen LogP contribution is 2.32. The first-order chi connectivity index (χ1) is 19.7. The molecule has 212 valence electrons. The molecule has 0 saturated carbocycles. The van der Waals surface area contributed by atoms with E-state index in [-0.39, 0.29) is 45.6 Å². The lowest BCUT2D eigenvalue weighted by molar-refractivity contribution is -0.139. The van der Waals surface area contributed by atoms with E-state index in [0.29, 0.717) is 13.1 Å². The van der Waals surface area contributed by atoms with Crippen molar-refractivity contribution in [1.82, 2.24) is 20.9 Å². The number of rotatable bonds is 8. The van der Waals surface area contributed by atoms with Gasteiger partial charge in [-0.3, -0.25) is 9.59 Å². The Morgan fingerprint density at radius 3 is 2.29 bits per heavy atom. The molecule has 2 unspecified atom stereocenters. The third-order valence-electron chi connectivity index (χ3n) is 7.46. The summed E-state index contributed by atoms with van der Waals surface area (Å²) in [7, 11) is 0. The number of carboxylic acids is 1. The fourth-order valence-corrected chi connectivity index (χ4v) is 5.88. The van der Waals surface area contributed by atoms with E-state index in [9.17, 15) is 24.3 Å². The second-order valence-corrected chi connectivity index (χ2v) is 11.0. The summed E-state index contributed by atoms with van der Waals surface area (Å²) in [5.41, 5.74) is 3.42. The van der Waals surface area contributed by atoms with Crippen LogP contribution in [0.25, 0.3) is 0 Å². The van der Waals surface area contributed by atoms with Crippen LogP contribution in [0.3, 0.4) is 0 Å². The van der Waals surface area contributed by atoms with Crippen LogP contribution >= 0.6 is 23.2 Å². The minimum absolute atomic E-state index is 0.0896. The van der Waals surface area contributed by atoms with E-state index in [4.69, 9.17) is 23.2 Å². The number of carboxylic acid groups (broad SMARTS) is 1. The Morgan fingerprint density at radius 1 is 0.951 bits per heavy atom. The van der Waals surface area contributed by atoms with Gasteiger partial charge in [0.1, 0.15) is 6.04 Å². The maximum atomic E-state index is 13.0. The first-order valence-electron chi connectivity index (χ1n) is 13.2. The Labute approximate surface area is 246 Å². The number of carbonyl (C=O) groups excluding carboxylic acids is 3. The molecule has 9 nitrogen and oxygen atoms in total. The van der Waals surface area contributed by atoms with E-state index in [1.54, 1.807) is 4.90 Å². The Morgan fingerprint density at radius 2 is 1.61 bits per heavy atom. The number of aliphatic carboxylic acids is 1. The largest absolute Gasteiger partial charge is 0.480 e. The van der Waals surface area contributed by atoms with Crippen LogP contribution in [0, 0.1) is 0 Å². The molecule has 41 heavy (non-hydrogen) atoms. The Kier molecular flexibility index (Phi) is 8.46. The number of aryl methyl sites for hydroxylation is 1. The van der Waals surface area contributed by atoms with Gasteiger partial charge in [0, 0.05) is 24.6 Å². The maximum Gasteiger partial charge on any atom is 0.328 e. The highest BCUT2D eigenvalue weighted by molar-refractivity contribution is 6.40. The van der Waals surface area contributed by atoms with Gasteiger partial charge in [-0.05, 0) is 41.7 Å². The van der Waals surface area contributed by atoms with Crippen LogP contribution < -0.4 is 16.0 Å². The molecule has 4 N–H and O–H groups in total. The molecule has 4 amide bonds. The number of amides is 4. The topological polar surface area (TPSA) is 128 Å². The maximum absolute atomic E-state index is 13.0. The predicted molar refractivity (Wildman–Crippen MR) is 154 cm³/mol. The third-order valence-corrected chi connectivity index (χ3v) is 8.06. The van der Waals surface area contributed by atoms with Crippen molar-refractivity contribution in [1.29, 1.82) is 0 Å². The number of fused-ring (bicyclic) bond motifs is 1. The first-order valence-corrected chi connectivity index (χ1v) is 14.0. The molecular weight excluding hydrogens is 567 g/mol. The lowest BCUT2D eigenvalue weighted by Crippen LogP contribution is -2.50. The van der Waals surface area contributed by atoms with E-state index in [0.717, 1.165) is 29.5 Å². The van der Waals surface area contributed by atoms with Crippen LogP contribution in [0.5, 0.6) is 0 Å². The summed E-state index contributed by atoms with van der Waals surface area (Å²) in [6.07, 6.45) is 1.58. The minimum Gasteiger partial charge on any atom is -0.480 e. The van der Waals surface area contributed by atoms with Crippen molar-refractivity contribution < 1.29 is 24.3 Å². The van der Waals surface area contributed by atoms with E-state index < -0.39 is 23.9 Å². The van der Waals surface area contributed by atoms with E-state index in [1.165, 1.54) is 12.1 Å². The molecule has 2 atom stereocenters. The summed E-state index contributed by atoms with van der Waals surface area (Å²) < 4.78 is 0. The lowest BCUT2D eigenvalue weighted by atomic mass is 9.91. The van der Waals surface area contributed by atoms with Gasteiger partial charge in [-0.1, -0.05) is 77.8 Å². The molecule has 1 heterocycles. The van der Waals surface area contributed by atoms with Gasteiger partial charge in [0.25, 0.3) is 11.8 Å². The standard InChI is InChI=1S/C30H28Cl2N4O5/c31-22-12-19(28(38)36-15-20(16-36)17-6-2-1-3-7-17)13-23(32)26(22)27(37)34-25(29(39)40)14-33-30(41)35-24-11-10-18-8-4-5-9-21(18)24/h1-9,12-13,20,24-25H,10-11,14-16H2,(H,34,37)(H,39,40)(H2,33,35,41). The van der Waals surface area contributed by atoms with Crippen molar-refractivity contribution in [2.75, 3.05) is 19.6 Å². The van der Waals surface area contributed by atoms with Gasteiger partial charge in [0.15, 0.2) is 0 Å². The Bertz CT molecular complexity index is 1470. The van der Waals surface area contributed by atoms with Gasteiger partial charge in [0.2, 0.25) is 0 Å². The van der Waals surface area contributed by atoms with Gasteiger partial charge in [-0.25, -0.2) is 9.59 Å². The van der Waals surface area contributed by atoms with Crippen molar-refractivity contribution in [3.63, 3.8) is 0 Å². The van der Waals surface area contributed by atoms with Gasteiger partial charge < -0.3 is 26.0 Å². The number of benzene rings is 3. The molecule has 1 aliphatic heterocycles. The second-order valence-electron chi connectivity index (χ2n) is 10.1. The van der Waals surface area contributed by atoms with E-state index >= 15 is 0 Å². The summed E-state index contributed by atoms with van der Waals surface area (Å²) in [6.45, 7) is 0.730. The predicted octanol–water partition coefficient (Wildman–Crippen LogP) is 4.40. The summed E-state index contributed by atoms with van der Waals surface area (Å²) in [4.78, 5) is 51.9. The molecule has 0 radical (unpaired) electrons. The zero-order valence-electron chi connectivity index (χ0n) is 21.9. The van der Waals surface area contributed by atoms with Crippen molar-refractivity contribution in [3.8, 4) is 0 Å². The Hall–Kier alpha value is -4.08. The number of hydrogen-bond donors (Lipinski definition) is 4. The average molecular weight is 595 g/mol. The van der Waals surface area contributed by atoms with Crippen molar-refractivity contribution in [2.24, 2.45) is 0 Å². The molecular formula is C30H28Cl2N4O5. The summed E-state index contributed by atoms with van der Waals surface area (Å²) in [5.74, 6) is -2.22. The molecule has 1 fully saturated rings. The molecule has 0 spiro atoms. The second kappa shape index (κ2) is 12.2. The SMILES string of the molecule is O=C(NCC(NC(=O)c1c(Cl)cc(C(=O)N2CC(c3ccccc3)C2)cc1Cl)C(=O)O)NC1CCc2ccccc21. The smallest absolute Gasteiger partial charge is 0.328 e. The molecule has 2 aliphatic rings. The van der Waals surface area contributed by atoms with Gasteiger partial charge >= 0.3 is 12.0 Å². The third kappa shape index (κ3) is 6.31. The fraction of sp³-hybridized carbons (Fsp3) is 0.267.